The molecule has 0 radical (unpaired) electrons. The van der Waals surface area contributed by atoms with Crippen molar-refractivity contribution in [3.05, 3.63) is 35.6 Å². The minimum Gasteiger partial charge on any atom is -0.307 e. The lowest BCUT2D eigenvalue weighted by Gasteiger charge is -2.32. The van der Waals surface area contributed by atoms with E-state index in [2.05, 4.69) is 12.2 Å². The molecule has 0 spiro atoms. The van der Waals surface area contributed by atoms with E-state index in [4.69, 9.17) is 0 Å². The van der Waals surface area contributed by atoms with Gasteiger partial charge in [0, 0.05) is 12.1 Å². The monoisotopic (exact) mass is 261 g/mol. The number of rotatable bonds is 4. The minimum absolute atomic E-state index is 0.151. The lowest BCUT2D eigenvalue weighted by Crippen LogP contribution is -2.36. The number of hydrogen-bond donors (Lipinski definition) is 1. The van der Waals surface area contributed by atoms with Crippen LogP contribution < -0.4 is 5.32 Å². The summed E-state index contributed by atoms with van der Waals surface area (Å²) in [6, 6.07) is 7.88. The molecule has 0 amide bonds. The lowest BCUT2D eigenvalue weighted by atomic mass is 9.82. The van der Waals surface area contributed by atoms with E-state index in [9.17, 15) is 4.39 Å². The standard InChI is InChI=1S/C17H24FN/c1-12(13-7-9-16(18)10-8-13)19-17-4-2-3-15(11-17)14-5-6-14/h7-10,12,14-15,17,19H,2-6,11H2,1H3/t12-,15?,17?/m0/s1. The first kappa shape index (κ1) is 13.1. The zero-order valence-corrected chi connectivity index (χ0v) is 11.7. The molecule has 2 aliphatic rings. The maximum absolute atomic E-state index is 12.9. The van der Waals surface area contributed by atoms with Gasteiger partial charge in [0.2, 0.25) is 0 Å². The summed E-state index contributed by atoms with van der Waals surface area (Å²) >= 11 is 0. The van der Waals surface area contributed by atoms with Crippen LogP contribution in [0.2, 0.25) is 0 Å². The molecule has 3 rings (SSSR count). The fourth-order valence-corrected chi connectivity index (χ4v) is 3.58. The summed E-state index contributed by atoms with van der Waals surface area (Å²) in [7, 11) is 0. The average Bonchev–Trinajstić information content (AvgIpc) is 3.24. The van der Waals surface area contributed by atoms with Gasteiger partial charge in [-0.2, -0.15) is 0 Å². The molecule has 2 fully saturated rings. The molecule has 0 heterocycles. The zero-order valence-electron chi connectivity index (χ0n) is 11.7. The third kappa shape index (κ3) is 3.36. The molecule has 2 heteroatoms. The van der Waals surface area contributed by atoms with Gasteiger partial charge in [-0.25, -0.2) is 4.39 Å². The van der Waals surface area contributed by atoms with Crippen molar-refractivity contribution in [2.75, 3.05) is 0 Å². The van der Waals surface area contributed by atoms with Gasteiger partial charge in [0.15, 0.2) is 0 Å². The molecule has 0 bridgehead atoms. The largest absolute Gasteiger partial charge is 0.307 e. The van der Waals surface area contributed by atoms with Crippen LogP contribution in [0, 0.1) is 17.7 Å². The first-order valence-electron chi connectivity index (χ1n) is 7.74. The van der Waals surface area contributed by atoms with Gasteiger partial charge in [0.05, 0.1) is 0 Å². The second-order valence-corrected chi connectivity index (χ2v) is 6.40. The second kappa shape index (κ2) is 5.62. The molecule has 1 aromatic carbocycles. The molecular formula is C17H24FN. The molecule has 1 N–H and O–H groups in total. The summed E-state index contributed by atoms with van der Waals surface area (Å²) in [4.78, 5) is 0. The SMILES string of the molecule is C[C@H](NC1CCCC(C2CC2)C1)c1ccc(F)cc1. The predicted molar refractivity (Wildman–Crippen MR) is 76.4 cm³/mol. The highest BCUT2D eigenvalue weighted by molar-refractivity contribution is 5.19. The van der Waals surface area contributed by atoms with Crippen LogP contribution in [0.5, 0.6) is 0 Å². The van der Waals surface area contributed by atoms with Gasteiger partial charge in [0.25, 0.3) is 0 Å². The van der Waals surface area contributed by atoms with Gasteiger partial charge in [-0.1, -0.05) is 25.0 Å². The molecule has 1 aromatic rings. The second-order valence-electron chi connectivity index (χ2n) is 6.40. The van der Waals surface area contributed by atoms with Crippen molar-refractivity contribution < 1.29 is 4.39 Å². The van der Waals surface area contributed by atoms with Crippen molar-refractivity contribution in [2.45, 2.75) is 57.5 Å². The highest BCUT2D eigenvalue weighted by Crippen LogP contribution is 2.44. The van der Waals surface area contributed by atoms with Crippen molar-refractivity contribution >= 4 is 0 Å². The Morgan fingerprint density at radius 2 is 1.79 bits per heavy atom. The third-order valence-electron chi connectivity index (χ3n) is 4.86. The zero-order chi connectivity index (χ0) is 13.2. The van der Waals surface area contributed by atoms with Crippen LogP contribution in [-0.2, 0) is 0 Å². The number of benzene rings is 1. The van der Waals surface area contributed by atoms with Crippen molar-refractivity contribution in [1.29, 1.82) is 0 Å². The van der Waals surface area contributed by atoms with E-state index in [0.29, 0.717) is 12.1 Å². The highest BCUT2D eigenvalue weighted by atomic mass is 19.1. The quantitative estimate of drug-likeness (QED) is 0.844. The molecular weight excluding hydrogens is 237 g/mol. The average molecular weight is 261 g/mol. The highest BCUT2D eigenvalue weighted by Gasteiger charge is 2.34. The number of halogens is 1. The van der Waals surface area contributed by atoms with Gasteiger partial charge < -0.3 is 5.32 Å². The molecule has 2 saturated carbocycles. The Bertz CT molecular complexity index is 410. The first-order valence-corrected chi connectivity index (χ1v) is 7.74. The molecule has 0 saturated heterocycles. The van der Waals surface area contributed by atoms with Crippen LogP contribution >= 0.6 is 0 Å². The van der Waals surface area contributed by atoms with Crippen molar-refractivity contribution in [3.8, 4) is 0 Å². The lowest BCUT2D eigenvalue weighted by molar-refractivity contribution is 0.249. The van der Waals surface area contributed by atoms with Crippen LogP contribution in [-0.4, -0.2) is 6.04 Å². The summed E-state index contributed by atoms with van der Waals surface area (Å²) in [5, 5.41) is 3.74. The minimum atomic E-state index is -0.151. The molecule has 2 aliphatic carbocycles. The van der Waals surface area contributed by atoms with Crippen LogP contribution in [0.15, 0.2) is 24.3 Å². The molecule has 104 valence electrons. The summed E-state index contributed by atoms with van der Waals surface area (Å²) in [5.41, 5.74) is 1.19. The van der Waals surface area contributed by atoms with Crippen LogP contribution in [0.25, 0.3) is 0 Å². The van der Waals surface area contributed by atoms with Crippen LogP contribution in [0.4, 0.5) is 4.39 Å². The summed E-state index contributed by atoms with van der Waals surface area (Å²) < 4.78 is 12.9. The fraction of sp³-hybridized carbons (Fsp3) is 0.647. The van der Waals surface area contributed by atoms with Crippen LogP contribution in [0.3, 0.4) is 0 Å². The summed E-state index contributed by atoms with van der Waals surface area (Å²) in [5.74, 6) is 1.85. The van der Waals surface area contributed by atoms with Crippen molar-refractivity contribution in [2.24, 2.45) is 11.8 Å². The van der Waals surface area contributed by atoms with Crippen LogP contribution in [0.1, 0.15) is 57.1 Å². The topological polar surface area (TPSA) is 12.0 Å². The van der Waals surface area contributed by atoms with Gasteiger partial charge >= 0.3 is 0 Å². The molecule has 1 nitrogen and oxygen atoms in total. The van der Waals surface area contributed by atoms with E-state index in [-0.39, 0.29) is 5.82 Å². The Morgan fingerprint density at radius 1 is 1.05 bits per heavy atom. The number of nitrogens with one attached hydrogen (secondary N) is 1. The van der Waals surface area contributed by atoms with Gasteiger partial charge in [-0.3, -0.25) is 0 Å². The van der Waals surface area contributed by atoms with E-state index >= 15 is 0 Å². The smallest absolute Gasteiger partial charge is 0.123 e. The maximum atomic E-state index is 12.9. The normalized spacial score (nSPS) is 29.2. The molecule has 3 atom stereocenters. The first-order chi connectivity index (χ1) is 9.22. The Hall–Kier alpha value is -0.890. The third-order valence-corrected chi connectivity index (χ3v) is 4.86. The Labute approximate surface area is 115 Å². The summed E-state index contributed by atoms with van der Waals surface area (Å²) in [6.45, 7) is 2.19. The fourth-order valence-electron chi connectivity index (χ4n) is 3.58. The van der Waals surface area contributed by atoms with E-state index in [1.165, 1.54) is 44.1 Å². The van der Waals surface area contributed by atoms with Crippen molar-refractivity contribution in [1.82, 2.24) is 5.32 Å². The molecule has 19 heavy (non-hydrogen) atoms. The Morgan fingerprint density at radius 3 is 2.47 bits per heavy atom. The molecule has 2 unspecified atom stereocenters. The maximum Gasteiger partial charge on any atom is 0.123 e. The number of hydrogen-bond acceptors (Lipinski definition) is 1. The van der Waals surface area contributed by atoms with Gasteiger partial charge in [-0.15, -0.1) is 0 Å². The Balaban J connectivity index is 1.56. The van der Waals surface area contributed by atoms with Gasteiger partial charge in [0.1, 0.15) is 5.82 Å². The van der Waals surface area contributed by atoms with E-state index in [0.717, 1.165) is 11.8 Å². The molecule has 0 aliphatic heterocycles. The van der Waals surface area contributed by atoms with E-state index in [1.807, 2.05) is 12.1 Å². The Kier molecular flexibility index (Phi) is 3.88. The van der Waals surface area contributed by atoms with E-state index < -0.39 is 0 Å². The van der Waals surface area contributed by atoms with Crippen molar-refractivity contribution in [3.63, 3.8) is 0 Å². The molecule has 0 aromatic heterocycles. The summed E-state index contributed by atoms with van der Waals surface area (Å²) in [6.07, 6.45) is 8.38. The predicted octanol–water partition coefficient (Wildman–Crippen LogP) is 4.45. The van der Waals surface area contributed by atoms with Gasteiger partial charge in [-0.05, 0) is 62.1 Å². The van der Waals surface area contributed by atoms with E-state index in [1.54, 1.807) is 12.1 Å².